The monoisotopic (exact) mass is 257 g/mol. The van der Waals surface area contributed by atoms with Gasteiger partial charge in [0.05, 0.1) is 11.7 Å². The van der Waals surface area contributed by atoms with E-state index >= 15 is 0 Å². The van der Waals surface area contributed by atoms with Crippen LogP contribution < -0.4 is 11.1 Å². The van der Waals surface area contributed by atoms with Gasteiger partial charge in [0.1, 0.15) is 10.6 Å². The number of aryl methyl sites for hydroxylation is 1. The number of nitrogens with zero attached hydrogens (tertiary/aromatic N) is 1. The van der Waals surface area contributed by atoms with E-state index in [0.717, 1.165) is 18.0 Å². The molecule has 94 valence electrons. The summed E-state index contributed by atoms with van der Waals surface area (Å²) < 4.78 is 3.90. The lowest BCUT2D eigenvalue weighted by atomic mass is 10.1. The Labute approximate surface area is 103 Å². The lowest BCUT2D eigenvalue weighted by Crippen LogP contribution is -2.35. The molecular formula is C10H15N3O3S. The third-order valence-electron chi connectivity index (χ3n) is 2.25. The van der Waals surface area contributed by atoms with Crippen molar-refractivity contribution in [2.45, 2.75) is 32.7 Å². The molecule has 0 aliphatic rings. The van der Waals surface area contributed by atoms with Crippen LogP contribution in [0.15, 0.2) is 0 Å². The third kappa shape index (κ3) is 3.24. The van der Waals surface area contributed by atoms with Gasteiger partial charge in [0.25, 0.3) is 0 Å². The summed E-state index contributed by atoms with van der Waals surface area (Å²) in [5, 5.41) is 11.7. The molecule has 0 fully saturated rings. The molecule has 1 heterocycles. The zero-order chi connectivity index (χ0) is 13.0. The second kappa shape index (κ2) is 5.74. The number of anilines is 1. The highest BCUT2D eigenvalue weighted by Gasteiger charge is 2.21. The zero-order valence-corrected chi connectivity index (χ0v) is 10.5. The molecule has 0 saturated carbocycles. The lowest BCUT2D eigenvalue weighted by Gasteiger charge is -2.09. The van der Waals surface area contributed by atoms with Gasteiger partial charge >= 0.3 is 5.97 Å². The minimum Gasteiger partial charge on any atom is -0.478 e. The largest absolute Gasteiger partial charge is 0.478 e. The number of carboxylic acid groups (broad SMARTS) is 1. The van der Waals surface area contributed by atoms with Crippen molar-refractivity contribution in [2.75, 3.05) is 5.32 Å². The molecule has 0 saturated heterocycles. The second-order valence-corrected chi connectivity index (χ2v) is 4.44. The van der Waals surface area contributed by atoms with E-state index in [9.17, 15) is 9.59 Å². The molecule has 1 atom stereocenters. The van der Waals surface area contributed by atoms with E-state index in [1.807, 2.05) is 6.92 Å². The molecule has 1 aromatic rings. The van der Waals surface area contributed by atoms with Crippen molar-refractivity contribution in [3.63, 3.8) is 0 Å². The van der Waals surface area contributed by atoms with E-state index < -0.39 is 12.0 Å². The Morgan fingerprint density at radius 3 is 2.76 bits per heavy atom. The Morgan fingerprint density at radius 2 is 2.24 bits per heavy atom. The quantitative estimate of drug-likeness (QED) is 0.735. The summed E-state index contributed by atoms with van der Waals surface area (Å²) in [6, 6.07) is -0.621. The van der Waals surface area contributed by atoms with E-state index in [1.54, 1.807) is 6.92 Å². The van der Waals surface area contributed by atoms with Crippen molar-refractivity contribution in [2.24, 2.45) is 5.73 Å². The number of rotatable bonds is 5. The first-order valence-corrected chi connectivity index (χ1v) is 6.00. The Balaban J connectivity index is 2.82. The fourth-order valence-electron chi connectivity index (χ4n) is 1.35. The van der Waals surface area contributed by atoms with Gasteiger partial charge in [-0.25, -0.2) is 4.79 Å². The molecule has 0 unspecified atom stereocenters. The molecule has 0 spiro atoms. The van der Waals surface area contributed by atoms with Crippen LogP contribution in [0.25, 0.3) is 0 Å². The number of carbonyl (C=O) groups is 2. The summed E-state index contributed by atoms with van der Waals surface area (Å²) in [5.41, 5.74) is 6.06. The van der Waals surface area contributed by atoms with Crippen LogP contribution in [0.4, 0.5) is 5.00 Å². The van der Waals surface area contributed by atoms with E-state index in [1.165, 1.54) is 0 Å². The molecule has 0 aliphatic heterocycles. The Hall–Kier alpha value is -1.47. The van der Waals surface area contributed by atoms with Crippen LogP contribution in [0.5, 0.6) is 0 Å². The van der Waals surface area contributed by atoms with E-state index in [0.29, 0.717) is 12.1 Å². The summed E-state index contributed by atoms with van der Waals surface area (Å²) in [7, 11) is 0. The number of aromatic nitrogens is 1. The van der Waals surface area contributed by atoms with Crippen LogP contribution in [0.2, 0.25) is 0 Å². The van der Waals surface area contributed by atoms with Gasteiger partial charge < -0.3 is 16.2 Å². The molecule has 4 N–H and O–H groups in total. The first-order chi connectivity index (χ1) is 7.97. The first-order valence-electron chi connectivity index (χ1n) is 5.23. The van der Waals surface area contributed by atoms with Gasteiger partial charge in [-0.3, -0.25) is 4.79 Å². The average molecular weight is 257 g/mol. The first kappa shape index (κ1) is 13.6. The van der Waals surface area contributed by atoms with Gasteiger partial charge in [-0.15, -0.1) is 0 Å². The summed E-state index contributed by atoms with van der Waals surface area (Å²) in [5.74, 6) is -1.48. The van der Waals surface area contributed by atoms with Gasteiger partial charge in [-0.1, -0.05) is 13.3 Å². The van der Waals surface area contributed by atoms with Crippen molar-refractivity contribution < 1.29 is 14.7 Å². The van der Waals surface area contributed by atoms with Crippen molar-refractivity contribution >= 4 is 28.4 Å². The second-order valence-electron chi connectivity index (χ2n) is 3.66. The highest BCUT2D eigenvalue weighted by Crippen LogP contribution is 2.24. The van der Waals surface area contributed by atoms with Gasteiger partial charge in [-0.2, -0.15) is 4.37 Å². The maximum absolute atomic E-state index is 11.6. The molecule has 1 aromatic heterocycles. The molecule has 7 heteroatoms. The summed E-state index contributed by atoms with van der Waals surface area (Å²) >= 11 is 0.950. The van der Waals surface area contributed by atoms with E-state index in [4.69, 9.17) is 10.8 Å². The molecule has 1 rings (SSSR count). The van der Waals surface area contributed by atoms with Crippen LogP contribution >= 0.6 is 11.5 Å². The number of aromatic carboxylic acids is 1. The normalized spacial score (nSPS) is 12.2. The minimum atomic E-state index is -1.10. The minimum absolute atomic E-state index is 0.0343. The fraction of sp³-hybridized carbons (Fsp3) is 0.500. The van der Waals surface area contributed by atoms with Crippen molar-refractivity contribution in [1.82, 2.24) is 4.37 Å². The molecule has 0 bridgehead atoms. The molecule has 6 nitrogen and oxygen atoms in total. The maximum Gasteiger partial charge on any atom is 0.340 e. The number of nitrogens with two attached hydrogens (primary N) is 1. The van der Waals surface area contributed by atoms with Crippen molar-refractivity contribution in [3.05, 3.63) is 11.3 Å². The van der Waals surface area contributed by atoms with Crippen LogP contribution in [0, 0.1) is 6.92 Å². The Morgan fingerprint density at radius 1 is 1.59 bits per heavy atom. The number of nitrogens with one attached hydrogen (secondary N) is 1. The molecule has 0 aliphatic carbocycles. The highest BCUT2D eigenvalue weighted by atomic mass is 32.1. The number of carboxylic acids is 1. The smallest absolute Gasteiger partial charge is 0.340 e. The molecular weight excluding hydrogens is 242 g/mol. The van der Waals surface area contributed by atoms with Crippen LogP contribution in [-0.4, -0.2) is 27.4 Å². The molecule has 0 aromatic carbocycles. The number of hydrogen-bond donors (Lipinski definition) is 3. The zero-order valence-electron chi connectivity index (χ0n) is 9.69. The Kier molecular flexibility index (Phi) is 4.59. The fourth-order valence-corrected chi connectivity index (χ4v) is 2.15. The number of carbonyl (C=O) groups excluding carboxylic acids is 1. The van der Waals surface area contributed by atoms with Crippen LogP contribution in [0.3, 0.4) is 0 Å². The average Bonchev–Trinajstić information content (AvgIpc) is 2.60. The lowest BCUT2D eigenvalue weighted by molar-refractivity contribution is -0.117. The van der Waals surface area contributed by atoms with Gasteiger partial charge in [0.2, 0.25) is 5.91 Å². The SMILES string of the molecule is CCC[C@H](N)C(=O)Nc1snc(C)c1C(=O)O. The number of amides is 1. The van der Waals surface area contributed by atoms with Gasteiger partial charge in [-0.05, 0) is 24.9 Å². The van der Waals surface area contributed by atoms with Crippen molar-refractivity contribution in [3.8, 4) is 0 Å². The molecule has 0 radical (unpaired) electrons. The third-order valence-corrected chi connectivity index (χ3v) is 3.10. The van der Waals surface area contributed by atoms with Crippen LogP contribution in [-0.2, 0) is 4.79 Å². The summed E-state index contributed by atoms with van der Waals surface area (Å²) in [6.45, 7) is 3.51. The molecule has 17 heavy (non-hydrogen) atoms. The Bertz CT molecular complexity index is 430. The van der Waals surface area contributed by atoms with Gasteiger partial charge in [0, 0.05) is 0 Å². The predicted molar refractivity (Wildman–Crippen MR) is 65.3 cm³/mol. The standard InChI is InChI=1S/C10H15N3O3S/c1-3-4-6(11)8(14)12-9-7(10(15)16)5(2)13-17-9/h6H,3-4,11H2,1-2H3,(H,12,14)(H,15,16)/t6-/m0/s1. The van der Waals surface area contributed by atoms with Gasteiger partial charge in [0.15, 0.2) is 0 Å². The topological polar surface area (TPSA) is 105 Å². The van der Waals surface area contributed by atoms with Crippen molar-refractivity contribution in [1.29, 1.82) is 0 Å². The summed E-state index contributed by atoms with van der Waals surface area (Å²) in [4.78, 5) is 22.6. The molecule has 1 amide bonds. The van der Waals surface area contributed by atoms with E-state index in [2.05, 4.69) is 9.69 Å². The maximum atomic E-state index is 11.6. The number of hydrogen-bond acceptors (Lipinski definition) is 5. The predicted octanol–water partition coefficient (Wildman–Crippen LogP) is 1.22. The highest BCUT2D eigenvalue weighted by molar-refractivity contribution is 7.11. The van der Waals surface area contributed by atoms with Crippen LogP contribution in [0.1, 0.15) is 35.8 Å². The summed E-state index contributed by atoms with van der Waals surface area (Å²) in [6.07, 6.45) is 1.36. The van der Waals surface area contributed by atoms with E-state index in [-0.39, 0.29) is 16.5 Å².